The van der Waals surface area contributed by atoms with E-state index in [0.717, 1.165) is 0 Å². The predicted octanol–water partition coefficient (Wildman–Crippen LogP) is 2.66. The van der Waals surface area contributed by atoms with Crippen molar-refractivity contribution >= 4 is 5.69 Å². The number of methoxy groups -OCH3 is 1. The van der Waals surface area contributed by atoms with Crippen molar-refractivity contribution in [2.24, 2.45) is 0 Å². The molecule has 0 N–H and O–H groups in total. The Balaban J connectivity index is 2.37. The summed E-state index contributed by atoms with van der Waals surface area (Å²) in [6.45, 7) is 0. The molecule has 0 fully saturated rings. The monoisotopic (exact) mass is 271 g/mol. The highest BCUT2D eigenvalue weighted by Crippen LogP contribution is 2.33. The Kier molecular flexibility index (Phi) is 3.77. The zero-order valence-electron chi connectivity index (χ0n) is 10.4. The van der Waals surface area contributed by atoms with Gasteiger partial charge < -0.3 is 9.47 Å². The van der Waals surface area contributed by atoms with Gasteiger partial charge in [-0.1, -0.05) is 6.07 Å². The van der Waals surface area contributed by atoms with Gasteiger partial charge >= 0.3 is 5.69 Å². The van der Waals surface area contributed by atoms with Crippen LogP contribution in [-0.4, -0.2) is 17.0 Å². The van der Waals surface area contributed by atoms with Crippen LogP contribution in [0.1, 0.15) is 5.69 Å². The molecule has 0 amide bonds. The lowest BCUT2D eigenvalue weighted by atomic mass is 10.3. The van der Waals surface area contributed by atoms with Gasteiger partial charge in [-0.25, -0.2) is 4.98 Å². The smallest absolute Gasteiger partial charge is 0.315 e. The minimum absolute atomic E-state index is 0.0263. The largest absolute Gasteiger partial charge is 0.496 e. The van der Waals surface area contributed by atoms with E-state index in [1.165, 1.54) is 37.4 Å². The Morgan fingerprint density at radius 3 is 2.80 bits per heavy atom. The summed E-state index contributed by atoms with van der Waals surface area (Å²) in [6, 6.07) is 10.7. The number of pyridine rings is 1. The van der Waals surface area contributed by atoms with E-state index in [-0.39, 0.29) is 23.0 Å². The van der Waals surface area contributed by atoms with Crippen molar-refractivity contribution in [1.29, 1.82) is 5.26 Å². The average molecular weight is 271 g/mol. The zero-order valence-corrected chi connectivity index (χ0v) is 10.4. The maximum atomic E-state index is 11.0. The molecule has 1 heterocycles. The van der Waals surface area contributed by atoms with Gasteiger partial charge in [-0.3, -0.25) is 10.1 Å². The molecule has 0 aliphatic carbocycles. The van der Waals surface area contributed by atoms with Crippen LogP contribution in [0.2, 0.25) is 0 Å². The number of hydrogen-bond acceptors (Lipinski definition) is 6. The van der Waals surface area contributed by atoms with Crippen LogP contribution in [0.4, 0.5) is 5.69 Å². The van der Waals surface area contributed by atoms with Gasteiger partial charge in [-0.2, -0.15) is 5.26 Å². The summed E-state index contributed by atoms with van der Waals surface area (Å²) in [7, 11) is 1.41. The molecule has 1 aromatic heterocycles. The van der Waals surface area contributed by atoms with E-state index in [4.69, 9.17) is 14.7 Å². The Labute approximate surface area is 114 Å². The fourth-order valence-corrected chi connectivity index (χ4v) is 1.50. The molecule has 7 heteroatoms. The van der Waals surface area contributed by atoms with Crippen molar-refractivity contribution in [3.05, 3.63) is 52.2 Å². The number of benzene rings is 1. The van der Waals surface area contributed by atoms with Crippen LogP contribution in [0.25, 0.3) is 0 Å². The molecule has 0 atom stereocenters. The lowest BCUT2D eigenvalue weighted by molar-refractivity contribution is -0.385. The SMILES string of the molecule is COc1ccc(Oc2cccc(C#N)n2)c([N+](=O)[O-])c1. The van der Waals surface area contributed by atoms with Crippen LogP contribution in [-0.2, 0) is 0 Å². The van der Waals surface area contributed by atoms with Crippen LogP contribution in [0.3, 0.4) is 0 Å². The predicted molar refractivity (Wildman–Crippen MR) is 68.7 cm³/mol. The highest BCUT2D eigenvalue weighted by atomic mass is 16.6. The first kappa shape index (κ1) is 13.3. The van der Waals surface area contributed by atoms with Crippen molar-refractivity contribution < 1.29 is 14.4 Å². The van der Waals surface area contributed by atoms with Crippen LogP contribution in [0, 0.1) is 21.4 Å². The minimum Gasteiger partial charge on any atom is -0.496 e. The molecule has 1 aromatic carbocycles. The number of nitrogens with zero attached hydrogens (tertiary/aromatic N) is 3. The Hall–Kier alpha value is -3.14. The molecule has 20 heavy (non-hydrogen) atoms. The van der Waals surface area contributed by atoms with Gasteiger partial charge in [0.2, 0.25) is 11.6 Å². The third-order valence-electron chi connectivity index (χ3n) is 2.42. The zero-order chi connectivity index (χ0) is 14.5. The van der Waals surface area contributed by atoms with E-state index in [9.17, 15) is 10.1 Å². The highest BCUT2D eigenvalue weighted by Gasteiger charge is 2.17. The molecule has 100 valence electrons. The van der Waals surface area contributed by atoms with Gasteiger partial charge in [0.05, 0.1) is 18.1 Å². The summed E-state index contributed by atoms with van der Waals surface area (Å²) in [5.74, 6) is 0.485. The first-order chi connectivity index (χ1) is 9.63. The third kappa shape index (κ3) is 2.81. The Morgan fingerprint density at radius 1 is 1.35 bits per heavy atom. The van der Waals surface area contributed by atoms with Crippen LogP contribution in [0.5, 0.6) is 17.4 Å². The van der Waals surface area contributed by atoms with Gasteiger partial charge in [0, 0.05) is 6.07 Å². The molecule has 0 aliphatic rings. The first-order valence-corrected chi connectivity index (χ1v) is 5.51. The van der Waals surface area contributed by atoms with Crippen molar-refractivity contribution in [3.63, 3.8) is 0 Å². The number of nitro groups is 1. The second kappa shape index (κ2) is 5.67. The van der Waals surface area contributed by atoms with Crippen LogP contribution < -0.4 is 9.47 Å². The fraction of sp³-hybridized carbons (Fsp3) is 0.0769. The quantitative estimate of drug-likeness (QED) is 0.626. The standard InChI is InChI=1S/C13H9N3O4/c1-19-10-5-6-12(11(7-10)16(17)18)20-13-4-2-3-9(8-14)15-13/h2-7H,1H3. The molecular formula is C13H9N3O4. The van der Waals surface area contributed by atoms with E-state index >= 15 is 0 Å². The van der Waals surface area contributed by atoms with Gasteiger partial charge in [0.1, 0.15) is 17.5 Å². The summed E-state index contributed by atoms with van der Waals surface area (Å²) >= 11 is 0. The molecule has 2 rings (SSSR count). The number of nitro benzene ring substituents is 1. The van der Waals surface area contributed by atoms with Gasteiger partial charge in [-0.15, -0.1) is 0 Å². The van der Waals surface area contributed by atoms with Gasteiger partial charge in [0.25, 0.3) is 0 Å². The number of aromatic nitrogens is 1. The number of rotatable bonds is 4. The molecule has 0 saturated heterocycles. The maximum absolute atomic E-state index is 11.0. The minimum atomic E-state index is -0.577. The molecule has 0 spiro atoms. The average Bonchev–Trinajstić information content (AvgIpc) is 2.47. The molecule has 0 radical (unpaired) electrons. The summed E-state index contributed by atoms with van der Waals surface area (Å²) < 4.78 is 10.3. The second-order valence-electron chi connectivity index (χ2n) is 3.67. The van der Waals surface area contributed by atoms with Crippen molar-refractivity contribution in [3.8, 4) is 23.4 Å². The highest BCUT2D eigenvalue weighted by molar-refractivity contribution is 5.52. The first-order valence-electron chi connectivity index (χ1n) is 5.51. The molecule has 0 bridgehead atoms. The molecule has 0 saturated carbocycles. The fourth-order valence-electron chi connectivity index (χ4n) is 1.50. The van der Waals surface area contributed by atoms with Gasteiger partial charge in [-0.05, 0) is 18.2 Å². The third-order valence-corrected chi connectivity index (χ3v) is 2.42. The topological polar surface area (TPSA) is 98.3 Å². The van der Waals surface area contributed by atoms with Crippen molar-refractivity contribution in [2.75, 3.05) is 7.11 Å². The molecule has 0 aliphatic heterocycles. The lowest BCUT2D eigenvalue weighted by Crippen LogP contribution is -1.96. The van der Waals surface area contributed by atoms with E-state index in [1.807, 2.05) is 6.07 Å². The van der Waals surface area contributed by atoms with E-state index in [1.54, 1.807) is 6.07 Å². The van der Waals surface area contributed by atoms with Crippen LogP contribution in [0.15, 0.2) is 36.4 Å². The molecular weight excluding hydrogens is 262 g/mol. The maximum Gasteiger partial charge on any atom is 0.315 e. The van der Waals surface area contributed by atoms with E-state index in [2.05, 4.69) is 4.98 Å². The summed E-state index contributed by atoms with van der Waals surface area (Å²) in [6.07, 6.45) is 0. The Bertz CT molecular complexity index is 694. The molecule has 2 aromatic rings. The summed E-state index contributed by atoms with van der Waals surface area (Å²) in [4.78, 5) is 14.3. The van der Waals surface area contributed by atoms with Gasteiger partial charge in [0.15, 0.2) is 0 Å². The molecule has 0 unspecified atom stereocenters. The van der Waals surface area contributed by atoms with E-state index in [0.29, 0.717) is 5.75 Å². The van der Waals surface area contributed by atoms with Crippen molar-refractivity contribution in [2.45, 2.75) is 0 Å². The number of hydrogen-bond donors (Lipinski definition) is 0. The normalized spacial score (nSPS) is 9.60. The second-order valence-corrected chi connectivity index (χ2v) is 3.67. The van der Waals surface area contributed by atoms with E-state index < -0.39 is 4.92 Å². The van der Waals surface area contributed by atoms with Crippen LogP contribution >= 0.6 is 0 Å². The molecule has 7 nitrogen and oxygen atoms in total. The lowest BCUT2D eigenvalue weighted by Gasteiger charge is -2.06. The number of nitriles is 1. The number of ether oxygens (including phenoxy) is 2. The summed E-state index contributed by atoms with van der Waals surface area (Å²) in [5, 5.41) is 19.7. The Morgan fingerprint density at radius 2 is 2.15 bits per heavy atom. The van der Waals surface area contributed by atoms with Crippen molar-refractivity contribution in [1.82, 2.24) is 4.98 Å². The summed E-state index contributed by atoms with van der Waals surface area (Å²) in [5.41, 5.74) is -0.0767.